The predicted molar refractivity (Wildman–Crippen MR) is 155 cm³/mol. The SMILES string of the molecule is COc1ccc(CCn2cnc3cc(NC(=NC4CCC(C(F)(F)F)CC4)N4CCNC(C)C4)ccc3c2=O)c(F)c1. The number of aromatic nitrogens is 2. The number of aryl methyl sites for hydroxylation is 2. The van der Waals surface area contributed by atoms with E-state index in [-0.39, 0.29) is 37.0 Å². The summed E-state index contributed by atoms with van der Waals surface area (Å²) >= 11 is 0. The summed E-state index contributed by atoms with van der Waals surface area (Å²) in [6, 6.07) is 9.92. The number of hydrogen-bond donors (Lipinski definition) is 2. The fraction of sp³-hybridized carbons (Fsp3) is 0.500. The van der Waals surface area contributed by atoms with Gasteiger partial charge in [-0.05, 0) is 68.9 Å². The van der Waals surface area contributed by atoms with Gasteiger partial charge in [0, 0.05) is 44.0 Å². The van der Waals surface area contributed by atoms with Gasteiger partial charge in [0.2, 0.25) is 0 Å². The van der Waals surface area contributed by atoms with E-state index in [0.29, 0.717) is 66.2 Å². The zero-order valence-corrected chi connectivity index (χ0v) is 23.8. The smallest absolute Gasteiger partial charge is 0.391 e. The molecular formula is C30H36F4N6O2. The zero-order chi connectivity index (χ0) is 29.9. The van der Waals surface area contributed by atoms with E-state index in [2.05, 4.69) is 27.4 Å². The van der Waals surface area contributed by atoms with E-state index in [0.717, 1.165) is 6.54 Å². The molecule has 5 rings (SSSR count). The molecule has 2 aliphatic rings. The van der Waals surface area contributed by atoms with Crippen molar-refractivity contribution in [1.29, 1.82) is 0 Å². The first kappa shape index (κ1) is 29.8. The highest BCUT2D eigenvalue weighted by molar-refractivity contribution is 5.96. The number of guanidine groups is 1. The molecule has 0 amide bonds. The highest BCUT2D eigenvalue weighted by Crippen LogP contribution is 2.38. The topological polar surface area (TPSA) is 83.8 Å². The third-order valence-corrected chi connectivity index (χ3v) is 8.10. The van der Waals surface area contributed by atoms with E-state index in [1.807, 2.05) is 0 Å². The first-order valence-corrected chi connectivity index (χ1v) is 14.3. The van der Waals surface area contributed by atoms with E-state index in [9.17, 15) is 22.4 Å². The molecule has 1 aliphatic heterocycles. The van der Waals surface area contributed by atoms with E-state index < -0.39 is 17.9 Å². The summed E-state index contributed by atoms with van der Waals surface area (Å²) < 4.78 is 60.4. The second kappa shape index (κ2) is 12.7. The Labute approximate surface area is 241 Å². The number of fused-ring (bicyclic) bond motifs is 1. The molecule has 1 aliphatic carbocycles. The summed E-state index contributed by atoms with van der Waals surface area (Å²) in [4.78, 5) is 24.7. The van der Waals surface area contributed by atoms with Crippen LogP contribution in [0.1, 0.15) is 38.2 Å². The van der Waals surface area contributed by atoms with Crippen LogP contribution < -0.4 is 20.9 Å². The average Bonchev–Trinajstić information content (AvgIpc) is 2.97. The van der Waals surface area contributed by atoms with Crippen molar-refractivity contribution in [1.82, 2.24) is 19.8 Å². The van der Waals surface area contributed by atoms with Gasteiger partial charge in [-0.25, -0.2) is 14.4 Å². The Bertz CT molecular complexity index is 1480. The summed E-state index contributed by atoms with van der Waals surface area (Å²) in [5.41, 5.74) is 1.42. The number of anilines is 1. The molecule has 2 fully saturated rings. The molecule has 2 aromatic carbocycles. The predicted octanol–water partition coefficient (Wildman–Crippen LogP) is 4.97. The fourth-order valence-electron chi connectivity index (χ4n) is 5.65. The quantitative estimate of drug-likeness (QED) is 0.241. The Balaban J connectivity index is 1.33. The minimum absolute atomic E-state index is 0.0835. The Morgan fingerprint density at radius 2 is 1.95 bits per heavy atom. The highest BCUT2D eigenvalue weighted by Gasteiger charge is 2.41. The second-order valence-corrected chi connectivity index (χ2v) is 11.1. The number of ether oxygens (including phenoxy) is 1. The molecule has 0 radical (unpaired) electrons. The van der Waals surface area contributed by atoms with Gasteiger partial charge in [-0.15, -0.1) is 0 Å². The van der Waals surface area contributed by atoms with Crippen molar-refractivity contribution in [3.63, 3.8) is 0 Å². The molecule has 0 spiro atoms. The van der Waals surface area contributed by atoms with Gasteiger partial charge in [-0.1, -0.05) is 6.07 Å². The lowest BCUT2D eigenvalue weighted by Gasteiger charge is -2.36. The molecule has 1 saturated heterocycles. The van der Waals surface area contributed by atoms with Crippen molar-refractivity contribution in [2.45, 2.75) is 63.8 Å². The zero-order valence-electron chi connectivity index (χ0n) is 23.8. The monoisotopic (exact) mass is 588 g/mol. The Morgan fingerprint density at radius 3 is 2.64 bits per heavy atom. The van der Waals surface area contributed by atoms with Gasteiger partial charge in [0.05, 0.1) is 36.3 Å². The number of hydrogen-bond acceptors (Lipinski definition) is 5. The first-order chi connectivity index (χ1) is 20.1. The minimum atomic E-state index is -4.16. The summed E-state index contributed by atoms with van der Waals surface area (Å²) in [6.07, 6.45) is -1.45. The molecule has 42 heavy (non-hydrogen) atoms. The van der Waals surface area contributed by atoms with Crippen molar-refractivity contribution in [2.75, 3.05) is 32.1 Å². The van der Waals surface area contributed by atoms with Gasteiger partial charge in [-0.3, -0.25) is 9.36 Å². The van der Waals surface area contributed by atoms with Crippen molar-refractivity contribution < 1.29 is 22.3 Å². The number of piperazine rings is 1. The van der Waals surface area contributed by atoms with E-state index in [1.165, 1.54) is 24.1 Å². The molecule has 0 bridgehead atoms. The van der Waals surface area contributed by atoms with E-state index in [1.54, 1.807) is 30.3 Å². The first-order valence-electron chi connectivity index (χ1n) is 14.3. The molecule has 1 saturated carbocycles. The molecule has 8 nitrogen and oxygen atoms in total. The standard InChI is InChI=1S/C30H36F4N6O2/c1-19-17-39(14-12-35-19)29(37-22-6-4-21(5-7-22)30(32,33)34)38-23-8-10-25-27(15-23)36-18-40(28(25)41)13-11-20-3-9-24(42-2)16-26(20)31/h3,8-10,15-16,18-19,21-22,35H,4-7,11-14,17H2,1-2H3,(H,37,38). The largest absolute Gasteiger partial charge is 0.497 e. The van der Waals surface area contributed by atoms with Crippen LogP contribution in [0, 0.1) is 11.7 Å². The molecule has 1 atom stereocenters. The van der Waals surface area contributed by atoms with Gasteiger partial charge in [0.25, 0.3) is 5.56 Å². The van der Waals surface area contributed by atoms with Crippen LogP contribution in [0.25, 0.3) is 10.9 Å². The minimum Gasteiger partial charge on any atom is -0.497 e. The average molecular weight is 589 g/mol. The van der Waals surface area contributed by atoms with Crippen LogP contribution >= 0.6 is 0 Å². The maximum Gasteiger partial charge on any atom is 0.391 e. The van der Waals surface area contributed by atoms with Crippen LogP contribution in [-0.4, -0.2) is 65.4 Å². The van der Waals surface area contributed by atoms with Crippen molar-refractivity contribution in [3.05, 3.63) is 64.5 Å². The van der Waals surface area contributed by atoms with E-state index >= 15 is 0 Å². The molecule has 2 heterocycles. The van der Waals surface area contributed by atoms with Crippen molar-refractivity contribution in [3.8, 4) is 5.75 Å². The number of nitrogens with zero attached hydrogens (tertiary/aromatic N) is 4. The number of rotatable bonds is 6. The van der Waals surface area contributed by atoms with Crippen LogP contribution in [-0.2, 0) is 13.0 Å². The highest BCUT2D eigenvalue weighted by atomic mass is 19.4. The van der Waals surface area contributed by atoms with E-state index in [4.69, 9.17) is 9.73 Å². The maximum absolute atomic E-state index is 14.4. The van der Waals surface area contributed by atoms with Crippen LogP contribution in [0.5, 0.6) is 5.75 Å². The van der Waals surface area contributed by atoms with Gasteiger partial charge in [0.15, 0.2) is 5.96 Å². The van der Waals surface area contributed by atoms with Gasteiger partial charge < -0.3 is 20.3 Å². The normalized spacial score (nSPS) is 21.9. The second-order valence-electron chi connectivity index (χ2n) is 11.1. The van der Waals surface area contributed by atoms with Crippen LogP contribution in [0.4, 0.5) is 23.2 Å². The molecule has 12 heteroatoms. The summed E-state index contributed by atoms with van der Waals surface area (Å²) in [5, 5.41) is 7.20. The Kier molecular flexibility index (Phi) is 9.00. The number of benzene rings is 2. The number of aliphatic imine (C=N–C) groups is 1. The number of nitrogens with one attached hydrogen (secondary N) is 2. The molecule has 226 valence electrons. The number of methoxy groups -OCH3 is 1. The molecule has 3 aromatic rings. The third-order valence-electron chi connectivity index (χ3n) is 8.10. The Hall–Kier alpha value is -3.67. The number of alkyl halides is 3. The van der Waals surface area contributed by atoms with Crippen LogP contribution in [0.15, 0.2) is 52.5 Å². The lowest BCUT2D eigenvalue weighted by molar-refractivity contribution is -0.182. The van der Waals surface area contributed by atoms with Gasteiger partial charge in [0.1, 0.15) is 11.6 Å². The molecule has 1 unspecified atom stereocenters. The molecule has 2 N–H and O–H groups in total. The van der Waals surface area contributed by atoms with Crippen molar-refractivity contribution >= 4 is 22.5 Å². The lowest BCUT2D eigenvalue weighted by atomic mass is 9.86. The third kappa shape index (κ3) is 7.03. The summed E-state index contributed by atoms with van der Waals surface area (Å²) in [5.74, 6) is -0.603. The van der Waals surface area contributed by atoms with Gasteiger partial charge >= 0.3 is 6.18 Å². The summed E-state index contributed by atoms with van der Waals surface area (Å²) in [6.45, 7) is 4.52. The Morgan fingerprint density at radius 1 is 1.17 bits per heavy atom. The summed E-state index contributed by atoms with van der Waals surface area (Å²) in [7, 11) is 1.47. The fourth-order valence-corrected chi connectivity index (χ4v) is 5.65. The molecule has 1 aromatic heterocycles. The van der Waals surface area contributed by atoms with Crippen LogP contribution in [0.2, 0.25) is 0 Å². The lowest BCUT2D eigenvalue weighted by Crippen LogP contribution is -2.53. The molecular weight excluding hydrogens is 552 g/mol. The van der Waals surface area contributed by atoms with Crippen LogP contribution in [0.3, 0.4) is 0 Å². The number of halogens is 4. The van der Waals surface area contributed by atoms with Gasteiger partial charge in [-0.2, -0.15) is 13.2 Å². The van der Waals surface area contributed by atoms with Crippen molar-refractivity contribution in [2.24, 2.45) is 10.9 Å². The maximum atomic E-state index is 14.4.